The number of halogens is 1. The molecule has 1 saturated heterocycles. The van der Waals surface area contributed by atoms with E-state index < -0.39 is 6.10 Å². The number of rotatable bonds is 3. The number of aliphatic hydroxyl groups excluding tert-OH is 1. The number of nitrogens with zero attached hydrogens (tertiary/aromatic N) is 2. The zero-order valence-electron chi connectivity index (χ0n) is 12.7. The molecule has 4 nitrogen and oxygen atoms in total. The molecule has 0 bridgehead atoms. The average Bonchev–Trinajstić information content (AvgIpc) is 2.62. The predicted octanol–water partition coefficient (Wildman–Crippen LogP) is 2.81. The fourth-order valence-corrected chi connectivity index (χ4v) is 3.00. The average molecular weight is 314 g/mol. The topological polar surface area (TPSA) is 53.4 Å². The Bertz CT molecular complexity index is 652. The van der Waals surface area contributed by atoms with Gasteiger partial charge in [0.2, 0.25) is 0 Å². The molecular formula is C18H19FN2O2. The maximum absolute atomic E-state index is 13.0. The molecule has 1 aliphatic heterocycles. The molecule has 23 heavy (non-hydrogen) atoms. The molecule has 1 amide bonds. The minimum atomic E-state index is -0.622. The molecular weight excluding hydrogens is 295 g/mol. The van der Waals surface area contributed by atoms with Crippen LogP contribution in [0, 0.1) is 11.7 Å². The second-order valence-corrected chi connectivity index (χ2v) is 5.84. The minimum absolute atomic E-state index is 0.0691. The Kier molecular flexibility index (Phi) is 4.67. The van der Waals surface area contributed by atoms with Crippen molar-refractivity contribution < 1.29 is 14.3 Å². The highest BCUT2D eigenvalue weighted by atomic mass is 19.1. The molecule has 1 unspecified atom stereocenters. The van der Waals surface area contributed by atoms with Crippen LogP contribution >= 0.6 is 0 Å². The lowest BCUT2D eigenvalue weighted by Crippen LogP contribution is -2.40. The van der Waals surface area contributed by atoms with Gasteiger partial charge in [-0.3, -0.25) is 9.78 Å². The second-order valence-electron chi connectivity index (χ2n) is 5.84. The summed E-state index contributed by atoms with van der Waals surface area (Å²) in [6.07, 6.45) is 2.43. The summed E-state index contributed by atoms with van der Waals surface area (Å²) < 4.78 is 13.0. The molecule has 3 rings (SSSR count). The van der Waals surface area contributed by atoms with Crippen LogP contribution in [-0.2, 0) is 0 Å². The summed E-state index contributed by atoms with van der Waals surface area (Å²) in [5, 5.41) is 10.4. The summed E-state index contributed by atoms with van der Waals surface area (Å²) in [5.74, 6) is -0.301. The van der Waals surface area contributed by atoms with Crippen LogP contribution in [0.4, 0.5) is 4.39 Å². The molecule has 1 aromatic heterocycles. The number of hydrogen-bond acceptors (Lipinski definition) is 3. The lowest BCUT2D eigenvalue weighted by Gasteiger charge is -2.34. The number of carbonyl (C=O) groups excluding carboxylic acids is 1. The monoisotopic (exact) mass is 314 g/mol. The zero-order chi connectivity index (χ0) is 16.2. The number of aromatic nitrogens is 1. The summed E-state index contributed by atoms with van der Waals surface area (Å²) in [7, 11) is 0. The zero-order valence-corrected chi connectivity index (χ0v) is 12.7. The van der Waals surface area contributed by atoms with Gasteiger partial charge in [-0.25, -0.2) is 4.39 Å². The number of piperidine rings is 1. The highest BCUT2D eigenvalue weighted by molar-refractivity contribution is 5.92. The summed E-state index contributed by atoms with van der Waals surface area (Å²) in [4.78, 5) is 18.2. The van der Waals surface area contributed by atoms with Crippen molar-refractivity contribution in [3.8, 4) is 0 Å². The van der Waals surface area contributed by atoms with Crippen LogP contribution in [0.2, 0.25) is 0 Å². The molecule has 0 aliphatic carbocycles. The number of benzene rings is 1. The molecule has 2 aromatic rings. The van der Waals surface area contributed by atoms with Crippen LogP contribution < -0.4 is 0 Å². The normalized spacial score (nSPS) is 17.0. The van der Waals surface area contributed by atoms with E-state index in [4.69, 9.17) is 0 Å². The Morgan fingerprint density at radius 1 is 1.17 bits per heavy atom. The number of hydrogen-bond donors (Lipinski definition) is 1. The quantitative estimate of drug-likeness (QED) is 0.948. The number of pyridine rings is 1. The number of aliphatic hydroxyl groups is 1. The van der Waals surface area contributed by atoms with Gasteiger partial charge < -0.3 is 10.0 Å². The van der Waals surface area contributed by atoms with Crippen LogP contribution in [-0.4, -0.2) is 34.0 Å². The van der Waals surface area contributed by atoms with Gasteiger partial charge in [0.05, 0.1) is 6.10 Å². The largest absolute Gasteiger partial charge is 0.388 e. The van der Waals surface area contributed by atoms with Crippen LogP contribution in [0.25, 0.3) is 0 Å². The molecule has 1 aliphatic rings. The number of amides is 1. The molecule has 1 N–H and O–H groups in total. The molecule has 1 aromatic carbocycles. The standard InChI is InChI=1S/C18H19FN2O2/c19-15-6-4-13(5-7-15)17(22)14-8-11-21(12-9-14)18(23)16-3-1-2-10-20-16/h1-7,10,14,17,22H,8-9,11-12H2. The molecule has 0 saturated carbocycles. The maximum atomic E-state index is 13.0. The fourth-order valence-electron chi connectivity index (χ4n) is 3.00. The first-order chi connectivity index (χ1) is 11.1. The Labute approximate surface area is 134 Å². The first-order valence-electron chi connectivity index (χ1n) is 7.79. The van der Waals surface area contributed by atoms with Gasteiger partial charge in [0.25, 0.3) is 5.91 Å². The van der Waals surface area contributed by atoms with Gasteiger partial charge >= 0.3 is 0 Å². The summed E-state index contributed by atoms with van der Waals surface area (Å²) in [5.41, 5.74) is 1.17. The van der Waals surface area contributed by atoms with E-state index in [1.54, 1.807) is 41.4 Å². The lowest BCUT2D eigenvalue weighted by atomic mass is 9.87. The van der Waals surface area contributed by atoms with Crippen molar-refractivity contribution in [3.63, 3.8) is 0 Å². The predicted molar refractivity (Wildman–Crippen MR) is 84.2 cm³/mol. The van der Waals surface area contributed by atoms with Crippen LogP contribution in [0.5, 0.6) is 0 Å². The first-order valence-corrected chi connectivity index (χ1v) is 7.79. The van der Waals surface area contributed by atoms with Gasteiger partial charge in [-0.2, -0.15) is 0 Å². The van der Waals surface area contributed by atoms with Crippen molar-refractivity contribution in [2.75, 3.05) is 13.1 Å². The number of likely N-dealkylation sites (tertiary alicyclic amines) is 1. The van der Waals surface area contributed by atoms with Gasteiger partial charge in [-0.1, -0.05) is 18.2 Å². The third-order valence-corrected chi connectivity index (χ3v) is 4.37. The molecule has 0 radical (unpaired) electrons. The lowest BCUT2D eigenvalue weighted by molar-refractivity contribution is 0.0458. The van der Waals surface area contributed by atoms with Gasteiger partial charge in [0, 0.05) is 19.3 Å². The number of carbonyl (C=O) groups is 1. The van der Waals surface area contributed by atoms with E-state index >= 15 is 0 Å². The van der Waals surface area contributed by atoms with E-state index in [1.165, 1.54) is 12.1 Å². The third kappa shape index (κ3) is 3.56. The van der Waals surface area contributed by atoms with Crippen LogP contribution in [0.1, 0.15) is 35.0 Å². The second kappa shape index (κ2) is 6.87. The maximum Gasteiger partial charge on any atom is 0.272 e. The van der Waals surface area contributed by atoms with Crippen molar-refractivity contribution >= 4 is 5.91 Å². The summed E-state index contributed by atoms with van der Waals surface area (Å²) in [6, 6.07) is 11.2. The van der Waals surface area contributed by atoms with E-state index in [2.05, 4.69) is 4.98 Å². The Balaban J connectivity index is 1.60. The molecule has 2 heterocycles. The fraction of sp³-hybridized carbons (Fsp3) is 0.333. The van der Waals surface area contributed by atoms with Crippen LogP contribution in [0.3, 0.4) is 0 Å². The van der Waals surface area contributed by atoms with Gasteiger partial charge in [-0.05, 0) is 48.6 Å². The highest BCUT2D eigenvalue weighted by Crippen LogP contribution is 2.31. The molecule has 5 heteroatoms. The minimum Gasteiger partial charge on any atom is -0.388 e. The van der Waals surface area contributed by atoms with E-state index in [-0.39, 0.29) is 17.6 Å². The Morgan fingerprint density at radius 3 is 2.48 bits per heavy atom. The molecule has 0 spiro atoms. The van der Waals surface area contributed by atoms with Gasteiger partial charge in [0.15, 0.2) is 0 Å². The molecule has 1 fully saturated rings. The molecule has 1 atom stereocenters. The van der Waals surface area contributed by atoms with Crippen molar-refractivity contribution in [3.05, 3.63) is 65.7 Å². The van der Waals surface area contributed by atoms with Crippen molar-refractivity contribution in [2.24, 2.45) is 5.92 Å². The van der Waals surface area contributed by atoms with E-state index in [0.717, 1.165) is 18.4 Å². The SMILES string of the molecule is O=C(c1ccccn1)N1CCC(C(O)c2ccc(F)cc2)CC1. The molecule has 120 valence electrons. The smallest absolute Gasteiger partial charge is 0.272 e. The Morgan fingerprint density at radius 2 is 1.87 bits per heavy atom. The van der Waals surface area contributed by atoms with Gasteiger partial charge in [-0.15, -0.1) is 0 Å². The van der Waals surface area contributed by atoms with E-state index in [1.807, 2.05) is 0 Å². The summed E-state index contributed by atoms with van der Waals surface area (Å²) >= 11 is 0. The van der Waals surface area contributed by atoms with Crippen molar-refractivity contribution in [1.82, 2.24) is 9.88 Å². The van der Waals surface area contributed by atoms with E-state index in [9.17, 15) is 14.3 Å². The summed E-state index contributed by atoms with van der Waals surface area (Å²) in [6.45, 7) is 1.19. The third-order valence-electron chi connectivity index (χ3n) is 4.37. The highest BCUT2D eigenvalue weighted by Gasteiger charge is 2.29. The first kappa shape index (κ1) is 15.6. The van der Waals surface area contributed by atoms with Crippen LogP contribution in [0.15, 0.2) is 48.7 Å². The van der Waals surface area contributed by atoms with Crippen molar-refractivity contribution in [2.45, 2.75) is 18.9 Å². The van der Waals surface area contributed by atoms with Crippen molar-refractivity contribution in [1.29, 1.82) is 0 Å². The van der Waals surface area contributed by atoms with Gasteiger partial charge in [0.1, 0.15) is 11.5 Å². The van der Waals surface area contributed by atoms with E-state index in [0.29, 0.717) is 18.8 Å². The Hall–Kier alpha value is -2.27.